The predicted molar refractivity (Wildman–Crippen MR) is 95.2 cm³/mol. The molecular weight excluding hydrogens is 326 g/mol. The van der Waals surface area contributed by atoms with Gasteiger partial charge in [0.05, 0.1) is 0 Å². The first-order valence-electron chi connectivity index (χ1n) is 8.58. The lowest BCUT2D eigenvalue weighted by Gasteiger charge is -2.39. The zero-order valence-electron chi connectivity index (χ0n) is 14.2. The number of carbonyl (C=O) groups excluding carboxylic acids is 2. The Hall–Kier alpha value is -1.75. The third-order valence-corrected chi connectivity index (χ3v) is 5.10. The molecule has 6 heteroatoms. The number of rotatable bonds is 3. The fraction of sp³-hybridized carbons (Fsp3) is 0.556. The van der Waals surface area contributed by atoms with Crippen molar-refractivity contribution in [1.82, 2.24) is 9.80 Å². The maximum Gasteiger partial charge on any atom is 0.245 e. The Morgan fingerprint density at radius 3 is 2.54 bits per heavy atom. The first-order chi connectivity index (χ1) is 11.5. The SMILES string of the molecule is CC(C)N1C(=O)CC[C@@H]1C(=O)N1CCN(c2cccc(Cl)c2)CC1. The number of hydrogen-bond donors (Lipinski definition) is 0. The normalized spacial score (nSPS) is 21.8. The zero-order chi connectivity index (χ0) is 17.3. The fourth-order valence-electron chi connectivity index (χ4n) is 3.66. The van der Waals surface area contributed by atoms with E-state index in [1.807, 2.05) is 43.0 Å². The molecule has 1 aromatic rings. The molecule has 2 saturated heterocycles. The second-order valence-electron chi connectivity index (χ2n) is 6.74. The minimum atomic E-state index is -0.282. The van der Waals surface area contributed by atoms with Gasteiger partial charge in [0.15, 0.2) is 0 Å². The van der Waals surface area contributed by atoms with Crippen molar-refractivity contribution < 1.29 is 9.59 Å². The number of benzene rings is 1. The van der Waals surface area contributed by atoms with E-state index in [0.717, 1.165) is 23.8 Å². The lowest BCUT2D eigenvalue weighted by atomic mass is 10.1. The molecule has 2 heterocycles. The molecule has 3 rings (SSSR count). The van der Waals surface area contributed by atoms with Crippen molar-refractivity contribution >= 4 is 29.1 Å². The summed E-state index contributed by atoms with van der Waals surface area (Å²) in [6.45, 7) is 6.88. The molecule has 0 aromatic heterocycles. The Labute approximate surface area is 148 Å². The van der Waals surface area contributed by atoms with Crippen LogP contribution in [0.2, 0.25) is 5.02 Å². The maximum atomic E-state index is 12.9. The molecule has 2 aliphatic rings. The van der Waals surface area contributed by atoms with Crippen LogP contribution < -0.4 is 4.90 Å². The largest absolute Gasteiger partial charge is 0.368 e. The van der Waals surface area contributed by atoms with Crippen molar-refractivity contribution in [1.29, 1.82) is 0 Å². The van der Waals surface area contributed by atoms with Gasteiger partial charge in [-0.2, -0.15) is 0 Å². The molecule has 0 saturated carbocycles. The van der Waals surface area contributed by atoms with Gasteiger partial charge in [-0.25, -0.2) is 0 Å². The zero-order valence-corrected chi connectivity index (χ0v) is 15.0. The van der Waals surface area contributed by atoms with Crippen molar-refractivity contribution in [2.24, 2.45) is 0 Å². The average molecular weight is 350 g/mol. The van der Waals surface area contributed by atoms with Gasteiger partial charge in [-0.3, -0.25) is 9.59 Å². The van der Waals surface area contributed by atoms with Crippen molar-refractivity contribution in [3.8, 4) is 0 Å². The van der Waals surface area contributed by atoms with Crippen LogP contribution in [0.5, 0.6) is 0 Å². The van der Waals surface area contributed by atoms with Gasteiger partial charge in [-0.05, 0) is 38.5 Å². The Bertz CT molecular complexity index is 626. The van der Waals surface area contributed by atoms with Gasteiger partial charge >= 0.3 is 0 Å². The van der Waals surface area contributed by atoms with Crippen LogP contribution in [0.1, 0.15) is 26.7 Å². The lowest BCUT2D eigenvalue weighted by molar-refractivity contribution is -0.143. The van der Waals surface area contributed by atoms with Crippen molar-refractivity contribution in [2.45, 2.75) is 38.8 Å². The Kier molecular flexibility index (Phi) is 4.99. The highest BCUT2D eigenvalue weighted by Crippen LogP contribution is 2.25. The first-order valence-corrected chi connectivity index (χ1v) is 8.95. The van der Waals surface area contributed by atoms with Crippen LogP contribution >= 0.6 is 11.6 Å². The van der Waals surface area contributed by atoms with Crippen LogP contribution in [-0.2, 0) is 9.59 Å². The quantitative estimate of drug-likeness (QED) is 0.841. The van der Waals surface area contributed by atoms with Crippen LogP contribution in [0.25, 0.3) is 0 Å². The summed E-state index contributed by atoms with van der Waals surface area (Å²) in [5.74, 6) is 0.196. The van der Waals surface area contributed by atoms with E-state index >= 15 is 0 Å². The Balaban J connectivity index is 1.62. The van der Waals surface area contributed by atoms with E-state index < -0.39 is 0 Å². The van der Waals surface area contributed by atoms with E-state index in [4.69, 9.17) is 11.6 Å². The summed E-state index contributed by atoms with van der Waals surface area (Å²) < 4.78 is 0. The molecule has 1 atom stereocenters. The van der Waals surface area contributed by atoms with E-state index in [9.17, 15) is 9.59 Å². The smallest absolute Gasteiger partial charge is 0.245 e. The molecule has 130 valence electrons. The van der Waals surface area contributed by atoms with Crippen LogP contribution in [0.15, 0.2) is 24.3 Å². The summed E-state index contributed by atoms with van der Waals surface area (Å²) in [5, 5.41) is 0.725. The second-order valence-corrected chi connectivity index (χ2v) is 7.18. The van der Waals surface area contributed by atoms with Gasteiger partial charge < -0.3 is 14.7 Å². The predicted octanol–water partition coefficient (Wildman–Crippen LogP) is 2.39. The van der Waals surface area contributed by atoms with Crippen LogP contribution in [0, 0.1) is 0 Å². The fourth-order valence-corrected chi connectivity index (χ4v) is 3.85. The molecule has 0 spiro atoms. The van der Waals surface area contributed by atoms with E-state index in [0.29, 0.717) is 25.9 Å². The lowest BCUT2D eigenvalue weighted by Crippen LogP contribution is -2.55. The molecule has 5 nitrogen and oxygen atoms in total. The van der Waals surface area contributed by atoms with Gasteiger partial charge in [0, 0.05) is 49.4 Å². The van der Waals surface area contributed by atoms with Crippen LogP contribution in [0.3, 0.4) is 0 Å². The molecule has 24 heavy (non-hydrogen) atoms. The first kappa shape index (κ1) is 17.1. The highest BCUT2D eigenvalue weighted by atomic mass is 35.5. The van der Waals surface area contributed by atoms with Crippen LogP contribution in [0.4, 0.5) is 5.69 Å². The minimum Gasteiger partial charge on any atom is -0.368 e. The molecule has 0 radical (unpaired) electrons. The summed E-state index contributed by atoms with van der Waals surface area (Å²) in [6.07, 6.45) is 1.13. The maximum absolute atomic E-state index is 12.9. The molecule has 2 aliphatic heterocycles. The number of halogens is 1. The third-order valence-electron chi connectivity index (χ3n) is 4.86. The van der Waals surface area contributed by atoms with Gasteiger partial charge in [0.1, 0.15) is 6.04 Å². The molecule has 0 N–H and O–H groups in total. The second kappa shape index (κ2) is 7.01. The third kappa shape index (κ3) is 3.36. The van der Waals surface area contributed by atoms with E-state index in [-0.39, 0.29) is 23.9 Å². The monoisotopic (exact) mass is 349 g/mol. The van der Waals surface area contributed by atoms with Crippen molar-refractivity contribution in [3.05, 3.63) is 29.3 Å². The number of likely N-dealkylation sites (tertiary alicyclic amines) is 1. The topological polar surface area (TPSA) is 43.9 Å². The van der Waals surface area contributed by atoms with Gasteiger partial charge in [-0.15, -0.1) is 0 Å². The average Bonchev–Trinajstić information content (AvgIpc) is 2.96. The Morgan fingerprint density at radius 1 is 1.21 bits per heavy atom. The van der Waals surface area contributed by atoms with Gasteiger partial charge in [-0.1, -0.05) is 17.7 Å². The van der Waals surface area contributed by atoms with E-state index in [1.165, 1.54) is 0 Å². The number of anilines is 1. The molecule has 0 aliphatic carbocycles. The van der Waals surface area contributed by atoms with Gasteiger partial charge in [0.2, 0.25) is 11.8 Å². The summed E-state index contributed by atoms with van der Waals surface area (Å²) in [4.78, 5) is 30.8. The van der Waals surface area contributed by atoms with E-state index in [2.05, 4.69) is 4.90 Å². The molecular formula is C18H24ClN3O2. The highest BCUT2D eigenvalue weighted by molar-refractivity contribution is 6.30. The van der Waals surface area contributed by atoms with Gasteiger partial charge in [0.25, 0.3) is 0 Å². The summed E-state index contributed by atoms with van der Waals surface area (Å²) in [5.41, 5.74) is 1.09. The van der Waals surface area contributed by atoms with Crippen molar-refractivity contribution in [3.63, 3.8) is 0 Å². The number of carbonyl (C=O) groups is 2. The molecule has 0 unspecified atom stereocenters. The number of nitrogens with zero attached hydrogens (tertiary/aromatic N) is 3. The summed E-state index contributed by atoms with van der Waals surface area (Å²) in [6, 6.07) is 7.59. The number of piperazine rings is 1. The highest BCUT2D eigenvalue weighted by Gasteiger charge is 2.40. The molecule has 2 fully saturated rings. The van der Waals surface area contributed by atoms with E-state index in [1.54, 1.807) is 4.90 Å². The summed E-state index contributed by atoms with van der Waals surface area (Å²) >= 11 is 6.06. The number of amides is 2. The Morgan fingerprint density at radius 2 is 1.92 bits per heavy atom. The minimum absolute atomic E-state index is 0.0710. The van der Waals surface area contributed by atoms with Crippen LogP contribution in [-0.4, -0.2) is 59.9 Å². The van der Waals surface area contributed by atoms with Crippen molar-refractivity contribution in [2.75, 3.05) is 31.1 Å². The summed E-state index contributed by atoms with van der Waals surface area (Å²) in [7, 11) is 0. The molecule has 1 aromatic carbocycles. The standard InChI is InChI=1S/C18H24ClN3O2/c1-13(2)22-16(6-7-17(22)23)18(24)21-10-8-20(9-11-21)15-5-3-4-14(19)12-15/h3-5,12-13,16H,6-11H2,1-2H3/t16-/m1/s1. The molecule has 2 amide bonds. The number of hydrogen-bond acceptors (Lipinski definition) is 3. The molecule has 0 bridgehead atoms.